The molecule has 2 amide bonds. The van der Waals surface area contributed by atoms with Crippen molar-refractivity contribution in [1.82, 2.24) is 14.8 Å². The third-order valence-corrected chi connectivity index (χ3v) is 4.36. The van der Waals surface area contributed by atoms with Crippen molar-refractivity contribution in [3.05, 3.63) is 29.6 Å². The molecule has 3 rings (SSSR count). The fraction of sp³-hybridized carbons (Fsp3) is 0.533. The molecule has 0 aliphatic carbocycles. The van der Waals surface area contributed by atoms with Crippen molar-refractivity contribution in [2.75, 3.05) is 26.7 Å². The molecule has 0 aromatic carbocycles. The number of carbonyl (C=O) groups is 2. The zero-order valence-corrected chi connectivity index (χ0v) is 12.9. The minimum absolute atomic E-state index is 0.0482. The van der Waals surface area contributed by atoms with E-state index in [2.05, 4.69) is 4.98 Å². The highest BCUT2D eigenvalue weighted by Crippen LogP contribution is 2.28. The number of likely N-dealkylation sites (N-methyl/N-ethyl adjacent to an activating group) is 1. The van der Waals surface area contributed by atoms with Crippen LogP contribution in [0, 0.1) is 0 Å². The van der Waals surface area contributed by atoms with Gasteiger partial charge in [0.25, 0.3) is 5.91 Å². The fourth-order valence-electron chi connectivity index (χ4n) is 2.99. The summed E-state index contributed by atoms with van der Waals surface area (Å²) in [5, 5.41) is 0. The molecular formula is C15H16F3N3O3. The van der Waals surface area contributed by atoms with E-state index in [1.807, 2.05) is 0 Å². The van der Waals surface area contributed by atoms with Gasteiger partial charge < -0.3 is 14.5 Å². The molecule has 0 saturated carbocycles. The molecule has 130 valence electrons. The number of fused-ring (bicyclic) bond motifs is 1. The van der Waals surface area contributed by atoms with E-state index in [9.17, 15) is 22.8 Å². The van der Waals surface area contributed by atoms with Gasteiger partial charge in [-0.2, -0.15) is 13.2 Å². The summed E-state index contributed by atoms with van der Waals surface area (Å²) in [4.78, 5) is 30.7. The van der Waals surface area contributed by atoms with Gasteiger partial charge in [0.05, 0.1) is 30.7 Å². The van der Waals surface area contributed by atoms with Crippen LogP contribution in [0.15, 0.2) is 18.3 Å². The number of hydrogen-bond acceptors (Lipinski definition) is 4. The molecule has 2 fully saturated rings. The van der Waals surface area contributed by atoms with Crippen LogP contribution in [0.1, 0.15) is 22.5 Å². The van der Waals surface area contributed by atoms with E-state index in [1.54, 1.807) is 11.9 Å². The molecule has 9 heteroatoms. The van der Waals surface area contributed by atoms with Crippen molar-refractivity contribution in [2.24, 2.45) is 0 Å². The summed E-state index contributed by atoms with van der Waals surface area (Å²) in [7, 11) is 1.67. The van der Waals surface area contributed by atoms with Crippen molar-refractivity contribution in [1.29, 1.82) is 0 Å². The molecular weight excluding hydrogens is 327 g/mol. The normalized spacial score (nSPS) is 24.8. The molecule has 2 saturated heterocycles. The number of hydrogen-bond donors (Lipinski definition) is 0. The maximum Gasteiger partial charge on any atom is 0.433 e. The summed E-state index contributed by atoms with van der Waals surface area (Å²) in [6, 6.07) is 1.65. The average molecular weight is 343 g/mol. The van der Waals surface area contributed by atoms with Crippen LogP contribution in [0.2, 0.25) is 0 Å². The molecule has 0 unspecified atom stereocenters. The first kappa shape index (κ1) is 16.7. The zero-order valence-electron chi connectivity index (χ0n) is 12.9. The minimum Gasteiger partial charge on any atom is -0.374 e. The number of alkyl halides is 3. The highest BCUT2D eigenvalue weighted by Gasteiger charge is 2.41. The van der Waals surface area contributed by atoms with E-state index in [1.165, 1.54) is 4.90 Å². The van der Waals surface area contributed by atoms with Gasteiger partial charge in [-0.25, -0.2) is 0 Å². The number of pyridine rings is 1. The van der Waals surface area contributed by atoms with E-state index in [0.717, 1.165) is 18.3 Å². The van der Waals surface area contributed by atoms with Crippen molar-refractivity contribution >= 4 is 11.8 Å². The largest absolute Gasteiger partial charge is 0.433 e. The van der Waals surface area contributed by atoms with Crippen LogP contribution < -0.4 is 0 Å². The lowest BCUT2D eigenvalue weighted by Crippen LogP contribution is -2.43. The number of ether oxygens (including phenoxy) is 1. The third kappa shape index (κ3) is 3.08. The summed E-state index contributed by atoms with van der Waals surface area (Å²) in [6.07, 6.45) is -3.60. The van der Waals surface area contributed by atoms with Crippen molar-refractivity contribution in [3.63, 3.8) is 0 Å². The van der Waals surface area contributed by atoms with Gasteiger partial charge in [-0.15, -0.1) is 0 Å². The first-order valence-electron chi connectivity index (χ1n) is 7.47. The van der Waals surface area contributed by atoms with E-state index in [0.29, 0.717) is 19.6 Å². The van der Waals surface area contributed by atoms with E-state index in [-0.39, 0.29) is 30.2 Å². The number of likely N-dealkylation sites (tertiary alicyclic amines) is 1. The third-order valence-electron chi connectivity index (χ3n) is 4.36. The predicted octanol–water partition coefficient (Wildman–Crippen LogP) is 1.17. The molecule has 1 aromatic rings. The average Bonchev–Trinajstić information content (AvgIpc) is 2.91. The topological polar surface area (TPSA) is 62.7 Å². The summed E-state index contributed by atoms with van der Waals surface area (Å²) in [6.45, 7) is 0.878. The van der Waals surface area contributed by atoms with Crippen molar-refractivity contribution in [2.45, 2.75) is 24.7 Å². The highest BCUT2D eigenvalue weighted by molar-refractivity contribution is 5.94. The van der Waals surface area contributed by atoms with E-state index in [4.69, 9.17) is 4.74 Å². The monoisotopic (exact) mass is 343 g/mol. The zero-order chi connectivity index (χ0) is 17.5. The molecule has 24 heavy (non-hydrogen) atoms. The molecule has 0 bridgehead atoms. The van der Waals surface area contributed by atoms with Crippen LogP contribution in [0.3, 0.4) is 0 Å². The summed E-state index contributed by atoms with van der Waals surface area (Å²) < 4.78 is 43.2. The van der Waals surface area contributed by atoms with Crippen LogP contribution in [0.25, 0.3) is 0 Å². The molecule has 0 radical (unpaired) electrons. The Hall–Kier alpha value is -2.16. The van der Waals surface area contributed by atoms with Crippen LogP contribution in [0.4, 0.5) is 13.2 Å². The molecule has 2 aliphatic heterocycles. The van der Waals surface area contributed by atoms with Gasteiger partial charge in [0, 0.05) is 26.3 Å². The van der Waals surface area contributed by atoms with Crippen LogP contribution >= 0.6 is 0 Å². The smallest absolute Gasteiger partial charge is 0.374 e. The summed E-state index contributed by atoms with van der Waals surface area (Å²) >= 11 is 0. The SMILES string of the molecule is CN1C(=O)CCO[C@H]2CN(C(=O)c3ccc(C(F)(F)F)nc3)C[C@@H]21. The number of halogens is 3. The lowest BCUT2D eigenvalue weighted by molar-refractivity contribution is -0.141. The summed E-state index contributed by atoms with van der Waals surface area (Å²) in [5.41, 5.74) is -0.965. The molecule has 2 aliphatic rings. The maximum absolute atomic E-state index is 12.5. The fourth-order valence-corrected chi connectivity index (χ4v) is 2.99. The number of amides is 2. The Morgan fingerprint density at radius 3 is 2.71 bits per heavy atom. The highest BCUT2D eigenvalue weighted by atomic mass is 19.4. The summed E-state index contributed by atoms with van der Waals surface area (Å²) in [5.74, 6) is -0.471. The van der Waals surface area contributed by atoms with Crippen LogP contribution in [-0.4, -0.2) is 65.5 Å². The molecule has 6 nitrogen and oxygen atoms in total. The van der Waals surface area contributed by atoms with Gasteiger partial charge in [-0.3, -0.25) is 14.6 Å². The van der Waals surface area contributed by atoms with Crippen LogP contribution in [0.5, 0.6) is 0 Å². The number of rotatable bonds is 1. The predicted molar refractivity (Wildman–Crippen MR) is 76.1 cm³/mol. The van der Waals surface area contributed by atoms with Gasteiger partial charge >= 0.3 is 6.18 Å². The first-order valence-corrected chi connectivity index (χ1v) is 7.47. The lowest BCUT2D eigenvalue weighted by atomic mass is 10.2. The second kappa shape index (κ2) is 6.04. The number of nitrogens with zero attached hydrogens (tertiary/aromatic N) is 3. The van der Waals surface area contributed by atoms with E-state index < -0.39 is 17.8 Å². The first-order chi connectivity index (χ1) is 11.3. The van der Waals surface area contributed by atoms with Gasteiger partial charge in [0.15, 0.2) is 0 Å². The van der Waals surface area contributed by atoms with Crippen molar-refractivity contribution in [3.8, 4) is 0 Å². The molecule has 1 aromatic heterocycles. The van der Waals surface area contributed by atoms with Gasteiger partial charge in [-0.1, -0.05) is 0 Å². The second-order valence-corrected chi connectivity index (χ2v) is 5.87. The maximum atomic E-state index is 12.5. The Morgan fingerprint density at radius 2 is 2.08 bits per heavy atom. The Kier molecular flexibility index (Phi) is 4.20. The van der Waals surface area contributed by atoms with Crippen LogP contribution in [-0.2, 0) is 15.7 Å². The Labute approximate surface area is 136 Å². The van der Waals surface area contributed by atoms with Crippen molar-refractivity contribution < 1.29 is 27.5 Å². The molecule has 2 atom stereocenters. The number of aromatic nitrogens is 1. The van der Waals surface area contributed by atoms with Gasteiger partial charge in [-0.05, 0) is 12.1 Å². The number of carbonyl (C=O) groups excluding carboxylic acids is 2. The molecule has 3 heterocycles. The molecule has 0 spiro atoms. The van der Waals surface area contributed by atoms with E-state index >= 15 is 0 Å². The minimum atomic E-state index is -4.54. The standard InChI is InChI=1S/C15H16F3N3O3/c1-20-10-7-21(8-11(10)24-5-4-13(20)22)14(23)9-2-3-12(19-6-9)15(16,17)18/h2-3,6,10-11H,4-5,7-8H2,1H3/t10-,11-/m0/s1. The van der Waals surface area contributed by atoms with Gasteiger partial charge in [0.2, 0.25) is 5.91 Å². The second-order valence-electron chi connectivity index (χ2n) is 5.87. The Morgan fingerprint density at radius 1 is 1.33 bits per heavy atom. The Balaban J connectivity index is 1.74. The quantitative estimate of drug-likeness (QED) is 0.768. The Bertz CT molecular complexity index is 648. The molecule has 0 N–H and O–H groups in total. The lowest BCUT2D eigenvalue weighted by Gasteiger charge is -2.25. The van der Waals surface area contributed by atoms with Gasteiger partial charge in [0.1, 0.15) is 5.69 Å².